The van der Waals surface area contributed by atoms with Crippen LogP contribution in [0.1, 0.15) is 11.1 Å². The zero-order chi connectivity index (χ0) is 22.5. The Labute approximate surface area is 175 Å². The number of hydrogen-bond donors (Lipinski definition) is 2. The van der Waals surface area contributed by atoms with Crippen molar-refractivity contribution in [3.05, 3.63) is 56.0 Å². The lowest BCUT2D eigenvalue weighted by Gasteiger charge is -2.12. The number of nitro benzene ring substituents is 1. The second-order valence-electron chi connectivity index (χ2n) is 5.57. The van der Waals surface area contributed by atoms with E-state index in [9.17, 15) is 28.1 Å². The van der Waals surface area contributed by atoms with Crippen molar-refractivity contribution in [2.24, 2.45) is 5.10 Å². The Hall–Kier alpha value is -3.35. The molecule has 0 aromatic heterocycles. The monoisotopic (exact) mass is 491 g/mol. The smallest absolute Gasteiger partial charge is 0.416 e. The van der Waals surface area contributed by atoms with Gasteiger partial charge in [0, 0.05) is 6.07 Å². The zero-order valence-electron chi connectivity index (χ0n) is 15.1. The van der Waals surface area contributed by atoms with Gasteiger partial charge in [-0.1, -0.05) is 0 Å². The van der Waals surface area contributed by atoms with Crippen molar-refractivity contribution >= 4 is 39.5 Å². The van der Waals surface area contributed by atoms with Gasteiger partial charge in [-0.2, -0.15) is 18.3 Å². The van der Waals surface area contributed by atoms with Crippen LogP contribution >= 0.6 is 15.9 Å². The van der Waals surface area contributed by atoms with Crippen LogP contribution in [0.15, 0.2) is 39.9 Å². The lowest BCUT2D eigenvalue weighted by molar-refractivity contribution is -0.384. The quantitative estimate of drug-likeness (QED) is 0.320. The van der Waals surface area contributed by atoms with Gasteiger partial charge in [-0.15, -0.1) is 0 Å². The molecule has 0 saturated heterocycles. The number of benzene rings is 2. The van der Waals surface area contributed by atoms with Crippen LogP contribution in [0.25, 0.3) is 0 Å². The molecule has 2 rings (SSSR count). The van der Waals surface area contributed by atoms with Gasteiger partial charge in [-0.3, -0.25) is 15.5 Å². The van der Waals surface area contributed by atoms with E-state index in [2.05, 4.69) is 26.5 Å². The number of methoxy groups -OCH3 is 1. The number of ether oxygens (including phenoxy) is 2. The van der Waals surface area contributed by atoms with E-state index in [1.54, 1.807) is 0 Å². The Balaban J connectivity index is 2.25. The van der Waals surface area contributed by atoms with Gasteiger partial charge < -0.3 is 14.6 Å². The van der Waals surface area contributed by atoms with Crippen LogP contribution in [0.5, 0.6) is 11.5 Å². The van der Waals surface area contributed by atoms with Crippen LogP contribution < -0.4 is 14.9 Å². The highest BCUT2D eigenvalue weighted by molar-refractivity contribution is 9.10. The van der Waals surface area contributed by atoms with Crippen molar-refractivity contribution in [2.45, 2.75) is 6.18 Å². The molecule has 0 spiro atoms. The molecule has 2 N–H and O–H groups in total. The lowest BCUT2D eigenvalue weighted by Crippen LogP contribution is -2.10. The van der Waals surface area contributed by atoms with Crippen molar-refractivity contribution in [1.82, 2.24) is 0 Å². The first-order valence-corrected chi connectivity index (χ1v) is 8.69. The fourth-order valence-corrected chi connectivity index (χ4v) is 2.79. The van der Waals surface area contributed by atoms with Crippen molar-refractivity contribution in [3.8, 4) is 11.5 Å². The van der Waals surface area contributed by atoms with Crippen LogP contribution in [0.3, 0.4) is 0 Å². The van der Waals surface area contributed by atoms with Crippen LogP contribution in [-0.2, 0) is 11.0 Å². The molecule has 0 aliphatic heterocycles. The molecule has 9 nitrogen and oxygen atoms in total. The molecule has 0 aliphatic rings. The number of anilines is 1. The van der Waals surface area contributed by atoms with E-state index in [0.717, 1.165) is 6.07 Å². The molecule has 2 aromatic carbocycles. The van der Waals surface area contributed by atoms with E-state index in [0.29, 0.717) is 22.2 Å². The summed E-state index contributed by atoms with van der Waals surface area (Å²) in [6.45, 7) is -0.596. The van der Waals surface area contributed by atoms with Crippen molar-refractivity contribution in [3.63, 3.8) is 0 Å². The standard InChI is InChI=1S/C17H13BrF3N3O6/c1-29-14-5-9(4-11(18)16(14)30-8-15(25)26)7-22-23-12-3-2-10(17(19,20)21)6-13(12)24(27)28/h2-7,23H,8H2,1H3,(H,25,26)/b22-7-. The molecule has 13 heteroatoms. The molecule has 0 saturated carbocycles. The Morgan fingerprint density at radius 1 is 1.37 bits per heavy atom. The number of rotatable bonds is 8. The first-order chi connectivity index (χ1) is 14.0. The van der Waals surface area contributed by atoms with Gasteiger partial charge in [0.1, 0.15) is 5.69 Å². The number of halogens is 4. The Morgan fingerprint density at radius 3 is 2.63 bits per heavy atom. The summed E-state index contributed by atoms with van der Waals surface area (Å²) >= 11 is 3.21. The molecule has 0 unspecified atom stereocenters. The summed E-state index contributed by atoms with van der Waals surface area (Å²) in [5.41, 5.74) is 0.558. The van der Waals surface area contributed by atoms with Gasteiger partial charge in [0.25, 0.3) is 5.69 Å². The highest BCUT2D eigenvalue weighted by Gasteiger charge is 2.33. The van der Waals surface area contributed by atoms with E-state index in [1.807, 2.05) is 0 Å². The third kappa shape index (κ3) is 5.83. The number of hydrogen-bond acceptors (Lipinski definition) is 7. The molecular weight excluding hydrogens is 479 g/mol. The van der Waals surface area contributed by atoms with Gasteiger partial charge >= 0.3 is 12.1 Å². The minimum absolute atomic E-state index is 0.142. The van der Waals surface area contributed by atoms with Gasteiger partial charge in [0.2, 0.25) is 0 Å². The number of nitrogens with one attached hydrogen (secondary N) is 1. The van der Waals surface area contributed by atoms with Crippen LogP contribution in [-0.4, -0.2) is 35.9 Å². The number of nitro groups is 1. The number of carboxylic acids is 1. The molecule has 2 aromatic rings. The summed E-state index contributed by atoms with van der Waals surface area (Å²) in [6.07, 6.45) is -3.49. The molecule has 30 heavy (non-hydrogen) atoms. The summed E-state index contributed by atoms with van der Waals surface area (Å²) in [5, 5.41) is 23.6. The lowest BCUT2D eigenvalue weighted by atomic mass is 10.1. The summed E-state index contributed by atoms with van der Waals surface area (Å²) in [4.78, 5) is 20.8. The second-order valence-corrected chi connectivity index (χ2v) is 6.43. The summed E-state index contributed by atoms with van der Waals surface area (Å²) in [6, 6.07) is 4.96. The van der Waals surface area contributed by atoms with Gasteiger partial charge in [-0.25, -0.2) is 4.79 Å². The van der Waals surface area contributed by atoms with Crippen LogP contribution in [0, 0.1) is 10.1 Å². The maximum absolute atomic E-state index is 12.7. The Bertz CT molecular complexity index is 997. The predicted molar refractivity (Wildman–Crippen MR) is 103 cm³/mol. The highest BCUT2D eigenvalue weighted by atomic mass is 79.9. The first kappa shape index (κ1) is 22.9. The first-order valence-electron chi connectivity index (χ1n) is 7.89. The number of nitrogens with zero attached hydrogens (tertiary/aromatic N) is 2. The molecule has 0 amide bonds. The summed E-state index contributed by atoms with van der Waals surface area (Å²) < 4.78 is 48.9. The normalized spacial score (nSPS) is 11.4. The molecule has 0 atom stereocenters. The topological polar surface area (TPSA) is 123 Å². The average molecular weight is 492 g/mol. The third-order valence-corrected chi connectivity index (χ3v) is 4.10. The summed E-state index contributed by atoms with van der Waals surface area (Å²) in [5.74, 6) is -0.854. The number of carbonyl (C=O) groups is 1. The molecule has 0 bridgehead atoms. The third-order valence-electron chi connectivity index (χ3n) is 3.51. The highest BCUT2D eigenvalue weighted by Crippen LogP contribution is 2.37. The van der Waals surface area contributed by atoms with E-state index in [-0.39, 0.29) is 17.2 Å². The molecule has 0 fully saturated rings. The second kappa shape index (κ2) is 9.43. The largest absolute Gasteiger partial charge is 0.493 e. The molecule has 160 valence electrons. The van der Waals surface area contributed by atoms with Gasteiger partial charge in [-0.05, 0) is 45.8 Å². The zero-order valence-corrected chi connectivity index (χ0v) is 16.7. The number of aliphatic carboxylic acids is 1. The summed E-state index contributed by atoms with van der Waals surface area (Å²) in [7, 11) is 1.33. The van der Waals surface area contributed by atoms with E-state index in [1.165, 1.54) is 25.5 Å². The van der Waals surface area contributed by atoms with Crippen molar-refractivity contribution in [2.75, 3.05) is 19.1 Å². The fourth-order valence-electron chi connectivity index (χ4n) is 2.22. The number of alkyl halides is 3. The maximum atomic E-state index is 12.7. The predicted octanol–water partition coefficient (Wildman–Crippen LogP) is 4.29. The minimum atomic E-state index is -4.72. The van der Waals surface area contributed by atoms with E-state index in [4.69, 9.17) is 14.6 Å². The average Bonchev–Trinajstić information content (AvgIpc) is 2.65. The number of carboxylic acid groups (broad SMARTS) is 1. The maximum Gasteiger partial charge on any atom is 0.416 e. The van der Waals surface area contributed by atoms with Crippen molar-refractivity contribution < 1.29 is 37.5 Å². The van der Waals surface area contributed by atoms with Crippen molar-refractivity contribution in [1.29, 1.82) is 0 Å². The van der Waals surface area contributed by atoms with Gasteiger partial charge in [0.15, 0.2) is 18.1 Å². The van der Waals surface area contributed by atoms with Gasteiger partial charge in [0.05, 0.1) is 28.3 Å². The van der Waals surface area contributed by atoms with Crippen LogP contribution in [0.2, 0.25) is 0 Å². The Morgan fingerprint density at radius 2 is 2.07 bits per heavy atom. The van der Waals surface area contributed by atoms with E-state index < -0.39 is 34.9 Å². The fraction of sp³-hybridized carbons (Fsp3) is 0.176. The van der Waals surface area contributed by atoms with E-state index >= 15 is 0 Å². The molecule has 0 aliphatic carbocycles. The molecule has 0 radical (unpaired) electrons. The van der Waals surface area contributed by atoms with Crippen LogP contribution in [0.4, 0.5) is 24.5 Å². The SMILES string of the molecule is COc1cc(/C=N\Nc2ccc(C(F)(F)F)cc2[N+](=O)[O-])cc(Br)c1OCC(=O)O. The minimum Gasteiger partial charge on any atom is -0.493 e. The molecule has 0 heterocycles. The number of hydrazone groups is 1. The Kier molecular flexibility index (Phi) is 7.21. The molecular formula is C17H13BrF3N3O6.